The van der Waals surface area contributed by atoms with Gasteiger partial charge in [-0.1, -0.05) is 20.8 Å². The number of hydrogen-bond acceptors (Lipinski definition) is 7. The van der Waals surface area contributed by atoms with Gasteiger partial charge in [0, 0.05) is 23.3 Å². The molecule has 2 aliphatic carbocycles. The molecule has 1 aromatic rings. The second-order valence-electron chi connectivity index (χ2n) is 7.56. The van der Waals surface area contributed by atoms with Gasteiger partial charge in [0.25, 0.3) is 5.69 Å². The Morgan fingerprint density at radius 1 is 1.19 bits per heavy atom. The number of nitro groups is 2. The predicted molar refractivity (Wildman–Crippen MR) is 94.2 cm³/mol. The number of fused-ring (bicyclic) bond motifs is 2. The van der Waals surface area contributed by atoms with Gasteiger partial charge < -0.3 is 5.43 Å². The Balaban J connectivity index is 1.81. The van der Waals surface area contributed by atoms with E-state index >= 15 is 0 Å². The van der Waals surface area contributed by atoms with Crippen LogP contribution < -0.4 is 10.9 Å². The molecule has 26 heavy (non-hydrogen) atoms. The first kappa shape index (κ1) is 17.8. The Hall–Kier alpha value is -2.97. The zero-order chi connectivity index (χ0) is 19.3. The van der Waals surface area contributed by atoms with Crippen molar-refractivity contribution in [3.63, 3.8) is 0 Å². The van der Waals surface area contributed by atoms with E-state index in [1.807, 2.05) is 6.92 Å². The van der Waals surface area contributed by atoms with Gasteiger partial charge in [-0.05, 0) is 30.2 Å². The quantitative estimate of drug-likeness (QED) is 0.468. The maximum atomic E-state index is 12.7. The lowest BCUT2D eigenvalue weighted by Crippen LogP contribution is -2.32. The normalized spacial score (nSPS) is 27.6. The van der Waals surface area contributed by atoms with Crippen molar-refractivity contribution < 1.29 is 14.6 Å². The number of allylic oxidation sites excluding steroid dienone is 1. The molecule has 138 valence electrons. The average molecular weight is 360 g/mol. The van der Waals surface area contributed by atoms with Crippen molar-refractivity contribution >= 4 is 22.8 Å². The number of benzene rings is 1. The molecule has 2 saturated carbocycles. The van der Waals surface area contributed by atoms with Crippen molar-refractivity contribution in [3.05, 3.63) is 50.2 Å². The van der Waals surface area contributed by atoms with E-state index in [1.54, 1.807) is 6.20 Å². The van der Waals surface area contributed by atoms with Crippen molar-refractivity contribution in [3.8, 4) is 0 Å². The van der Waals surface area contributed by atoms with Gasteiger partial charge in [0.2, 0.25) is 0 Å². The van der Waals surface area contributed by atoms with Crippen LogP contribution in [0.1, 0.15) is 33.6 Å². The molecule has 0 aliphatic heterocycles. The van der Waals surface area contributed by atoms with Gasteiger partial charge in [-0.3, -0.25) is 30.4 Å². The van der Waals surface area contributed by atoms with Crippen molar-refractivity contribution in [2.45, 2.75) is 33.6 Å². The lowest BCUT2D eigenvalue weighted by Gasteiger charge is -2.31. The van der Waals surface area contributed by atoms with E-state index in [4.69, 9.17) is 0 Å². The molecule has 2 bridgehead atoms. The summed E-state index contributed by atoms with van der Waals surface area (Å²) >= 11 is 0. The Morgan fingerprint density at radius 2 is 1.88 bits per heavy atom. The second-order valence-corrected chi connectivity index (χ2v) is 7.56. The molecule has 2 N–H and O–H groups in total. The van der Waals surface area contributed by atoms with Crippen LogP contribution in [0.4, 0.5) is 17.1 Å². The number of rotatable bonds is 5. The van der Waals surface area contributed by atoms with Crippen LogP contribution in [0.2, 0.25) is 0 Å². The van der Waals surface area contributed by atoms with E-state index < -0.39 is 15.5 Å². The topological polar surface area (TPSA) is 127 Å². The van der Waals surface area contributed by atoms with E-state index in [0.717, 1.165) is 18.9 Å². The molecule has 0 spiro atoms. The summed E-state index contributed by atoms with van der Waals surface area (Å²) in [7, 11) is 0. The van der Waals surface area contributed by atoms with E-state index in [9.17, 15) is 25.0 Å². The number of anilines is 1. The Kier molecular flexibility index (Phi) is 3.97. The summed E-state index contributed by atoms with van der Waals surface area (Å²) in [5.74, 6) is 0.243. The third kappa shape index (κ3) is 2.42. The van der Waals surface area contributed by atoms with Crippen LogP contribution in [-0.4, -0.2) is 15.6 Å². The number of carbonyl (C=O) groups excluding carboxylic acids is 1. The van der Waals surface area contributed by atoms with Gasteiger partial charge >= 0.3 is 5.69 Å². The Labute approximate surface area is 149 Å². The monoisotopic (exact) mass is 360 g/mol. The van der Waals surface area contributed by atoms with E-state index in [0.29, 0.717) is 5.57 Å². The molecule has 2 atom stereocenters. The highest BCUT2D eigenvalue weighted by Gasteiger charge is 2.63. The number of nitrogens with one attached hydrogen (secondary N) is 2. The van der Waals surface area contributed by atoms with E-state index in [-0.39, 0.29) is 33.9 Å². The highest BCUT2D eigenvalue weighted by Crippen LogP contribution is 2.65. The van der Waals surface area contributed by atoms with Crippen LogP contribution in [0.3, 0.4) is 0 Å². The summed E-state index contributed by atoms with van der Waals surface area (Å²) in [4.78, 5) is 33.3. The highest BCUT2D eigenvalue weighted by molar-refractivity contribution is 6.04. The summed E-state index contributed by atoms with van der Waals surface area (Å²) in [5, 5.41) is 21.9. The largest absolute Gasteiger partial charge is 0.308 e. The molecule has 2 fully saturated rings. The van der Waals surface area contributed by atoms with Gasteiger partial charge in [-0.15, -0.1) is 0 Å². The molecule has 9 nitrogen and oxygen atoms in total. The number of nitrogens with zero attached hydrogens (tertiary/aromatic N) is 2. The molecule has 1 aromatic carbocycles. The predicted octanol–water partition coefficient (Wildman–Crippen LogP) is 3.33. The van der Waals surface area contributed by atoms with Crippen LogP contribution >= 0.6 is 0 Å². The first-order valence-electron chi connectivity index (χ1n) is 8.29. The lowest BCUT2D eigenvalue weighted by molar-refractivity contribution is -0.393. The molecule has 9 heteroatoms. The smallest absolute Gasteiger partial charge is 0.300 e. The molecule has 0 saturated heterocycles. The van der Waals surface area contributed by atoms with Crippen LogP contribution in [0.5, 0.6) is 0 Å². The molecular weight excluding hydrogens is 340 g/mol. The Morgan fingerprint density at radius 3 is 2.42 bits per heavy atom. The average Bonchev–Trinajstić information content (AvgIpc) is 2.88. The molecule has 0 aromatic heterocycles. The fourth-order valence-corrected chi connectivity index (χ4v) is 4.18. The molecule has 0 heterocycles. The highest BCUT2D eigenvalue weighted by atomic mass is 16.6. The van der Waals surface area contributed by atoms with Crippen molar-refractivity contribution in [1.82, 2.24) is 5.43 Å². The second kappa shape index (κ2) is 5.79. The fraction of sp³-hybridized carbons (Fsp3) is 0.471. The van der Waals surface area contributed by atoms with Crippen LogP contribution in [0, 0.1) is 37.0 Å². The number of non-ortho nitro benzene ring substituents is 1. The minimum absolute atomic E-state index is 0.0820. The molecular formula is C17H20N4O5. The lowest BCUT2D eigenvalue weighted by atomic mass is 9.70. The van der Waals surface area contributed by atoms with Gasteiger partial charge in [0.15, 0.2) is 5.78 Å². The number of carbonyl (C=O) groups is 1. The summed E-state index contributed by atoms with van der Waals surface area (Å²) in [6.07, 6.45) is 3.35. The minimum Gasteiger partial charge on any atom is -0.308 e. The zero-order valence-corrected chi connectivity index (χ0v) is 14.7. The number of hydrazine groups is 1. The molecule has 0 amide bonds. The maximum Gasteiger partial charge on any atom is 0.300 e. The SMILES string of the molecule is CC1(C)[C@@H]2CC[C@]1(C)C(=O)/C2=C\NNc1ccc([N+](=O)[O-])cc1[N+](=O)[O-]. The van der Waals surface area contributed by atoms with E-state index in [2.05, 4.69) is 24.7 Å². The molecule has 0 radical (unpaired) electrons. The van der Waals surface area contributed by atoms with Gasteiger partial charge in [-0.2, -0.15) is 0 Å². The first-order valence-corrected chi connectivity index (χ1v) is 8.29. The number of Topliss-reactive ketones (excluding diaryl/α,β-unsaturated/α-hetero) is 1. The van der Waals surface area contributed by atoms with Gasteiger partial charge in [0.1, 0.15) is 5.69 Å². The van der Waals surface area contributed by atoms with Crippen LogP contribution in [-0.2, 0) is 4.79 Å². The molecule has 0 unspecified atom stereocenters. The number of ketones is 1. The summed E-state index contributed by atoms with van der Waals surface area (Å²) in [6.45, 7) is 6.18. The minimum atomic E-state index is -0.697. The fourth-order valence-electron chi connectivity index (χ4n) is 4.18. The standard InChI is InChI=1S/C17H20N4O5/c1-16(2)12-6-7-17(16,3)15(22)11(12)9-18-19-13-5-4-10(20(23)24)8-14(13)21(25)26/h4-5,8-9,12,18-19H,6-7H2,1-3H3/b11-9-/t12-,17-/m1/s1. The third-order valence-electron chi connectivity index (χ3n) is 6.19. The molecule has 3 rings (SSSR count). The van der Waals surface area contributed by atoms with Crippen LogP contribution in [0.25, 0.3) is 0 Å². The first-order chi connectivity index (χ1) is 12.1. The summed E-state index contributed by atoms with van der Waals surface area (Å²) in [6, 6.07) is 3.33. The maximum absolute atomic E-state index is 12.7. The number of hydrogen-bond donors (Lipinski definition) is 2. The zero-order valence-electron chi connectivity index (χ0n) is 14.7. The van der Waals surface area contributed by atoms with Gasteiger partial charge in [-0.25, -0.2) is 0 Å². The third-order valence-corrected chi connectivity index (χ3v) is 6.19. The summed E-state index contributed by atoms with van der Waals surface area (Å²) in [5.41, 5.74) is 4.88. The Bertz CT molecular complexity index is 848. The van der Waals surface area contributed by atoms with Gasteiger partial charge in [0.05, 0.1) is 15.9 Å². The molecule has 2 aliphatic rings. The summed E-state index contributed by atoms with van der Waals surface area (Å²) < 4.78 is 0. The van der Waals surface area contributed by atoms with E-state index in [1.165, 1.54) is 12.1 Å². The van der Waals surface area contributed by atoms with Crippen molar-refractivity contribution in [2.24, 2.45) is 16.7 Å². The van der Waals surface area contributed by atoms with Crippen molar-refractivity contribution in [1.29, 1.82) is 0 Å². The number of nitro benzene ring substituents is 2. The van der Waals surface area contributed by atoms with Crippen LogP contribution in [0.15, 0.2) is 30.0 Å². The van der Waals surface area contributed by atoms with Crippen molar-refractivity contribution in [2.75, 3.05) is 5.43 Å².